The largest absolute Gasteiger partial charge is 0.472 e. The first kappa shape index (κ1) is 28.2. The number of halogens is 3. The second-order valence-electron chi connectivity index (χ2n) is 9.93. The average Bonchev–Trinajstić information content (AvgIpc) is 3.45. The molecule has 1 N–H and O–H groups in total. The molecule has 0 aliphatic carbocycles. The van der Waals surface area contributed by atoms with E-state index in [-0.39, 0.29) is 24.3 Å². The maximum atomic E-state index is 13.0. The first-order valence-corrected chi connectivity index (χ1v) is 12.8. The predicted molar refractivity (Wildman–Crippen MR) is 136 cm³/mol. The van der Waals surface area contributed by atoms with E-state index in [2.05, 4.69) is 24.6 Å². The molecule has 0 spiro atoms. The summed E-state index contributed by atoms with van der Waals surface area (Å²) in [6, 6.07) is 3.25. The monoisotopic (exact) mass is 564 g/mol. The molecule has 1 saturated heterocycles. The molecule has 2 amide bonds. The molecule has 0 radical (unpaired) electrons. The molecule has 3 aromatic rings. The third kappa shape index (κ3) is 7.40. The Balaban J connectivity index is 1.35. The average molecular weight is 565 g/mol. The number of hydrogen-bond donors (Lipinski definition) is 1. The van der Waals surface area contributed by atoms with Gasteiger partial charge in [-0.25, -0.2) is 14.8 Å². The van der Waals surface area contributed by atoms with Crippen LogP contribution in [0, 0.1) is 6.92 Å². The number of anilines is 1. The van der Waals surface area contributed by atoms with Gasteiger partial charge >= 0.3 is 12.3 Å². The van der Waals surface area contributed by atoms with E-state index in [1.54, 1.807) is 24.0 Å². The van der Waals surface area contributed by atoms with Gasteiger partial charge in [-0.2, -0.15) is 17.5 Å². The summed E-state index contributed by atoms with van der Waals surface area (Å²) in [5.74, 6) is -0.0885. The van der Waals surface area contributed by atoms with Crippen molar-refractivity contribution < 1.29 is 32.2 Å². The minimum absolute atomic E-state index is 0.103. The molecule has 0 saturated carbocycles. The number of ether oxygens (including phenoxy) is 2. The number of likely N-dealkylation sites (tertiary alicyclic amines) is 1. The van der Waals surface area contributed by atoms with Crippen LogP contribution in [0.15, 0.2) is 30.7 Å². The highest BCUT2D eigenvalue weighted by Gasteiger charge is 2.33. The Morgan fingerprint density at radius 3 is 2.51 bits per heavy atom. The van der Waals surface area contributed by atoms with Gasteiger partial charge in [0.2, 0.25) is 5.88 Å². The van der Waals surface area contributed by atoms with Gasteiger partial charge in [0, 0.05) is 36.5 Å². The third-order valence-electron chi connectivity index (χ3n) is 5.58. The molecule has 1 atom stereocenters. The molecule has 208 valence electrons. The van der Waals surface area contributed by atoms with Crippen molar-refractivity contribution in [2.45, 2.75) is 58.4 Å². The van der Waals surface area contributed by atoms with Crippen LogP contribution < -0.4 is 10.1 Å². The highest BCUT2D eigenvalue weighted by molar-refractivity contribution is 7.06. The summed E-state index contributed by atoms with van der Waals surface area (Å²) in [7, 11) is 0. The number of pyridine rings is 1. The van der Waals surface area contributed by atoms with Crippen LogP contribution in [0.25, 0.3) is 0 Å². The first-order valence-electron chi connectivity index (χ1n) is 12.0. The molecule has 39 heavy (non-hydrogen) atoms. The van der Waals surface area contributed by atoms with E-state index < -0.39 is 23.4 Å². The van der Waals surface area contributed by atoms with Gasteiger partial charge in [0.1, 0.15) is 11.7 Å². The molecular weight excluding hydrogens is 537 g/mol. The van der Waals surface area contributed by atoms with E-state index in [0.29, 0.717) is 53.4 Å². The number of aromatic nitrogens is 4. The number of carbonyl (C=O) groups is 2. The SMILES string of the molecule is Cc1nsc(Cc2cnc(C(F)(F)F)cn2)c1C(=O)Nc1ccc(O[C@@H]2CCN(C(=O)OC(C)(C)C)C2)nc1. The van der Waals surface area contributed by atoms with E-state index in [1.165, 1.54) is 6.20 Å². The molecule has 1 aliphatic rings. The summed E-state index contributed by atoms with van der Waals surface area (Å²) in [5.41, 5.74) is -0.169. The van der Waals surface area contributed by atoms with Crippen molar-refractivity contribution in [2.75, 3.05) is 18.4 Å². The van der Waals surface area contributed by atoms with E-state index in [1.807, 2.05) is 20.8 Å². The first-order chi connectivity index (χ1) is 18.3. The summed E-state index contributed by atoms with van der Waals surface area (Å²) in [6.45, 7) is 8.00. The summed E-state index contributed by atoms with van der Waals surface area (Å²) in [6.07, 6.45) is -1.31. The molecule has 4 rings (SSSR count). The lowest BCUT2D eigenvalue weighted by atomic mass is 10.1. The van der Waals surface area contributed by atoms with Crippen LogP contribution >= 0.6 is 11.5 Å². The molecule has 10 nitrogen and oxygen atoms in total. The number of hydrogen-bond acceptors (Lipinski definition) is 9. The maximum absolute atomic E-state index is 13.0. The highest BCUT2D eigenvalue weighted by atomic mass is 32.1. The predicted octanol–water partition coefficient (Wildman–Crippen LogP) is 4.89. The molecule has 1 fully saturated rings. The van der Waals surface area contributed by atoms with Gasteiger partial charge in [0.15, 0.2) is 5.69 Å². The van der Waals surface area contributed by atoms with Crippen LogP contribution in [0.4, 0.5) is 23.7 Å². The quantitative estimate of drug-likeness (QED) is 0.450. The van der Waals surface area contributed by atoms with Crippen LogP contribution in [0.1, 0.15) is 59.5 Å². The number of aryl methyl sites for hydroxylation is 1. The Morgan fingerprint density at radius 2 is 1.90 bits per heavy atom. The lowest BCUT2D eigenvalue weighted by Gasteiger charge is -2.24. The zero-order valence-corrected chi connectivity index (χ0v) is 22.5. The standard InChI is InChI=1S/C25H27F3N6O4S/c1-14-21(18(39-33-14)9-16-11-30-19(12-29-16)25(26,27)28)22(35)32-15-5-6-20(31-10-15)37-17-7-8-34(13-17)23(36)38-24(2,3)4/h5-6,10-12,17H,7-9,13H2,1-4H3,(H,32,35)/t17-/m1/s1. The fraction of sp³-hybridized carbons (Fsp3) is 0.440. The van der Waals surface area contributed by atoms with Gasteiger partial charge < -0.3 is 19.7 Å². The molecule has 1 aliphatic heterocycles. The van der Waals surface area contributed by atoms with E-state index in [4.69, 9.17) is 9.47 Å². The number of nitrogens with zero attached hydrogens (tertiary/aromatic N) is 5. The molecule has 3 aromatic heterocycles. The third-order valence-corrected chi connectivity index (χ3v) is 6.51. The van der Waals surface area contributed by atoms with Crippen molar-refractivity contribution in [1.82, 2.24) is 24.2 Å². The Kier molecular flexibility index (Phi) is 8.04. The van der Waals surface area contributed by atoms with Crippen LogP contribution in [0.2, 0.25) is 0 Å². The smallest absolute Gasteiger partial charge is 0.434 e. The fourth-order valence-corrected chi connectivity index (χ4v) is 4.67. The van der Waals surface area contributed by atoms with Gasteiger partial charge in [0.25, 0.3) is 5.91 Å². The molecule has 4 heterocycles. The number of nitrogens with one attached hydrogen (secondary N) is 1. The summed E-state index contributed by atoms with van der Waals surface area (Å²) in [5, 5.41) is 2.76. The minimum atomic E-state index is -4.58. The van der Waals surface area contributed by atoms with Crippen molar-refractivity contribution in [3.8, 4) is 5.88 Å². The molecule has 0 aromatic carbocycles. The summed E-state index contributed by atoms with van der Waals surface area (Å²) in [4.78, 5) is 38.9. The Hall–Kier alpha value is -3.81. The number of amides is 2. The van der Waals surface area contributed by atoms with Crippen molar-refractivity contribution in [3.63, 3.8) is 0 Å². The van der Waals surface area contributed by atoms with Crippen molar-refractivity contribution >= 4 is 29.2 Å². The molecule has 0 unspecified atom stereocenters. The maximum Gasteiger partial charge on any atom is 0.434 e. The second kappa shape index (κ2) is 11.1. The number of carbonyl (C=O) groups excluding carboxylic acids is 2. The Labute approximate surface area is 226 Å². The van der Waals surface area contributed by atoms with E-state index in [0.717, 1.165) is 17.7 Å². The number of rotatable bonds is 6. The fourth-order valence-electron chi connectivity index (χ4n) is 3.79. The topological polar surface area (TPSA) is 119 Å². The van der Waals surface area contributed by atoms with Crippen LogP contribution in [0.5, 0.6) is 5.88 Å². The van der Waals surface area contributed by atoms with Crippen molar-refractivity contribution in [3.05, 3.63) is 58.2 Å². The molecule has 0 bridgehead atoms. The van der Waals surface area contributed by atoms with Gasteiger partial charge in [-0.15, -0.1) is 0 Å². The van der Waals surface area contributed by atoms with Gasteiger partial charge in [0.05, 0.1) is 41.6 Å². The summed E-state index contributed by atoms with van der Waals surface area (Å²) >= 11 is 1.07. The Morgan fingerprint density at radius 1 is 1.13 bits per heavy atom. The molecular formula is C25H27F3N6O4S. The minimum Gasteiger partial charge on any atom is -0.472 e. The Bertz CT molecular complexity index is 1320. The zero-order valence-electron chi connectivity index (χ0n) is 21.7. The summed E-state index contributed by atoms with van der Waals surface area (Å²) < 4.78 is 53.8. The van der Waals surface area contributed by atoms with E-state index in [9.17, 15) is 22.8 Å². The van der Waals surface area contributed by atoms with Crippen LogP contribution in [-0.4, -0.2) is 61.0 Å². The molecule has 14 heteroatoms. The van der Waals surface area contributed by atoms with Crippen LogP contribution in [-0.2, 0) is 17.3 Å². The second-order valence-corrected chi connectivity index (χ2v) is 10.8. The lowest BCUT2D eigenvalue weighted by Crippen LogP contribution is -2.36. The van der Waals surface area contributed by atoms with Gasteiger partial charge in [-0.3, -0.25) is 9.78 Å². The van der Waals surface area contributed by atoms with Crippen molar-refractivity contribution in [2.24, 2.45) is 0 Å². The van der Waals surface area contributed by atoms with E-state index >= 15 is 0 Å². The zero-order chi connectivity index (χ0) is 28.4. The number of alkyl halides is 3. The van der Waals surface area contributed by atoms with Gasteiger partial charge in [-0.1, -0.05) is 0 Å². The van der Waals surface area contributed by atoms with Crippen LogP contribution in [0.3, 0.4) is 0 Å². The lowest BCUT2D eigenvalue weighted by molar-refractivity contribution is -0.141. The normalized spacial score (nSPS) is 15.8. The van der Waals surface area contributed by atoms with Gasteiger partial charge in [-0.05, 0) is 45.3 Å². The highest BCUT2D eigenvalue weighted by Crippen LogP contribution is 2.28. The van der Waals surface area contributed by atoms with Crippen molar-refractivity contribution in [1.29, 1.82) is 0 Å².